The quantitative estimate of drug-likeness (QED) is 0.632. The van der Waals surface area contributed by atoms with Crippen LogP contribution in [-0.2, 0) is 9.53 Å². The molecule has 0 N–H and O–H groups in total. The highest BCUT2D eigenvalue weighted by Crippen LogP contribution is 2.18. The van der Waals surface area contributed by atoms with Crippen molar-refractivity contribution < 1.29 is 9.53 Å². The monoisotopic (exact) mass is 196 g/mol. The van der Waals surface area contributed by atoms with Gasteiger partial charge in [-0.05, 0) is 38.2 Å². The van der Waals surface area contributed by atoms with Crippen LogP contribution in [-0.4, -0.2) is 19.0 Å². The van der Waals surface area contributed by atoms with Crippen molar-refractivity contribution in [1.29, 1.82) is 0 Å². The van der Waals surface area contributed by atoms with Crippen molar-refractivity contribution in [2.45, 2.75) is 45.4 Å². The van der Waals surface area contributed by atoms with Crippen molar-refractivity contribution in [1.82, 2.24) is 0 Å². The summed E-state index contributed by atoms with van der Waals surface area (Å²) in [6, 6.07) is 0. The summed E-state index contributed by atoms with van der Waals surface area (Å²) in [4.78, 5) is 11.7. The van der Waals surface area contributed by atoms with Gasteiger partial charge in [0.15, 0.2) is 5.78 Å². The molecule has 0 amide bonds. The van der Waals surface area contributed by atoms with Gasteiger partial charge in [0.05, 0.1) is 6.61 Å². The van der Waals surface area contributed by atoms with Crippen molar-refractivity contribution >= 4 is 5.78 Å². The zero-order valence-electron chi connectivity index (χ0n) is 9.05. The molecule has 0 fully saturated rings. The summed E-state index contributed by atoms with van der Waals surface area (Å²) in [6.45, 7) is 3.23. The molecule has 0 aromatic rings. The second-order valence-corrected chi connectivity index (χ2v) is 3.70. The highest BCUT2D eigenvalue weighted by Gasteiger charge is 2.10. The molecular formula is C12H20O2. The van der Waals surface area contributed by atoms with Crippen LogP contribution in [0, 0.1) is 0 Å². The summed E-state index contributed by atoms with van der Waals surface area (Å²) in [5, 5.41) is 0. The van der Waals surface area contributed by atoms with Crippen LogP contribution in [0.15, 0.2) is 11.6 Å². The number of rotatable bonds is 5. The molecule has 14 heavy (non-hydrogen) atoms. The number of carbonyl (C=O) groups excluding carboxylic acids is 1. The fraction of sp³-hybridized carbons (Fsp3) is 0.750. The number of hydrogen-bond donors (Lipinski definition) is 0. The number of hydrogen-bond acceptors (Lipinski definition) is 2. The van der Waals surface area contributed by atoms with Gasteiger partial charge in [0, 0.05) is 13.0 Å². The summed E-state index contributed by atoms with van der Waals surface area (Å²) in [7, 11) is 0. The van der Waals surface area contributed by atoms with E-state index >= 15 is 0 Å². The standard InChI is InChI=1S/C12H20O2/c1-2-14-10-9-12(13)11-7-5-3-4-6-8-11/h7H,2-6,8-10H2,1H3. The third-order valence-corrected chi connectivity index (χ3v) is 2.58. The Balaban J connectivity index is 2.30. The van der Waals surface area contributed by atoms with Gasteiger partial charge in [0.25, 0.3) is 0 Å². The molecule has 0 saturated heterocycles. The molecule has 0 atom stereocenters. The van der Waals surface area contributed by atoms with E-state index in [0.717, 1.165) is 18.4 Å². The maximum atomic E-state index is 11.7. The van der Waals surface area contributed by atoms with Crippen molar-refractivity contribution in [2.75, 3.05) is 13.2 Å². The van der Waals surface area contributed by atoms with Crippen molar-refractivity contribution in [2.24, 2.45) is 0 Å². The van der Waals surface area contributed by atoms with Crippen molar-refractivity contribution in [3.63, 3.8) is 0 Å². The zero-order chi connectivity index (χ0) is 10.2. The predicted molar refractivity (Wildman–Crippen MR) is 57.3 cm³/mol. The third kappa shape index (κ3) is 4.05. The zero-order valence-corrected chi connectivity index (χ0v) is 9.05. The van der Waals surface area contributed by atoms with E-state index in [2.05, 4.69) is 6.08 Å². The maximum absolute atomic E-state index is 11.7. The van der Waals surface area contributed by atoms with Gasteiger partial charge in [0.2, 0.25) is 0 Å². The highest BCUT2D eigenvalue weighted by molar-refractivity contribution is 5.95. The average molecular weight is 196 g/mol. The molecule has 0 aromatic heterocycles. The van der Waals surface area contributed by atoms with Gasteiger partial charge in [-0.2, -0.15) is 0 Å². The molecule has 0 spiro atoms. The Kier molecular flexibility index (Phi) is 5.53. The van der Waals surface area contributed by atoms with Crippen molar-refractivity contribution in [3.05, 3.63) is 11.6 Å². The lowest BCUT2D eigenvalue weighted by atomic mass is 10.0. The Hall–Kier alpha value is -0.630. The lowest BCUT2D eigenvalue weighted by Gasteiger charge is -2.04. The van der Waals surface area contributed by atoms with Crippen LogP contribution in [0.25, 0.3) is 0 Å². The van der Waals surface area contributed by atoms with E-state index in [0.29, 0.717) is 25.4 Å². The van der Waals surface area contributed by atoms with Gasteiger partial charge in [-0.25, -0.2) is 0 Å². The number of allylic oxidation sites excluding steroid dienone is 2. The van der Waals surface area contributed by atoms with Gasteiger partial charge in [-0.3, -0.25) is 4.79 Å². The number of Topliss-reactive ketones (excluding diaryl/α,β-unsaturated/α-hetero) is 1. The summed E-state index contributed by atoms with van der Waals surface area (Å²) in [5.74, 6) is 0.292. The first-order valence-electron chi connectivity index (χ1n) is 5.64. The highest BCUT2D eigenvalue weighted by atomic mass is 16.5. The van der Waals surface area contributed by atoms with Crippen LogP contribution >= 0.6 is 0 Å². The third-order valence-electron chi connectivity index (χ3n) is 2.58. The second-order valence-electron chi connectivity index (χ2n) is 3.70. The molecule has 2 heteroatoms. The number of ketones is 1. The second kappa shape index (κ2) is 6.77. The molecule has 1 aliphatic carbocycles. The minimum absolute atomic E-state index is 0.292. The number of carbonyl (C=O) groups is 1. The summed E-state index contributed by atoms with van der Waals surface area (Å²) < 4.78 is 5.18. The normalized spacial score (nSPS) is 17.4. The topological polar surface area (TPSA) is 26.3 Å². The van der Waals surface area contributed by atoms with Gasteiger partial charge in [0.1, 0.15) is 0 Å². The van der Waals surface area contributed by atoms with Gasteiger partial charge >= 0.3 is 0 Å². The number of ether oxygens (including phenoxy) is 1. The minimum Gasteiger partial charge on any atom is -0.381 e. The van der Waals surface area contributed by atoms with E-state index in [-0.39, 0.29) is 0 Å². The predicted octanol–water partition coefficient (Wildman–Crippen LogP) is 2.87. The molecule has 1 aliphatic rings. The largest absolute Gasteiger partial charge is 0.381 e. The molecule has 0 heterocycles. The van der Waals surface area contributed by atoms with Crippen LogP contribution in [0.4, 0.5) is 0 Å². The van der Waals surface area contributed by atoms with Crippen LogP contribution in [0.3, 0.4) is 0 Å². The summed E-state index contributed by atoms with van der Waals surface area (Å²) in [5.41, 5.74) is 1.04. The van der Waals surface area contributed by atoms with Gasteiger partial charge < -0.3 is 4.74 Å². The van der Waals surface area contributed by atoms with E-state index in [9.17, 15) is 4.79 Å². The molecule has 1 rings (SSSR count). The molecule has 0 aromatic carbocycles. The van der Waals surface area contributed by atoms with Gasteiger partial charge in [-0.1, -0.05) is 12.5 Å². The van der Waals surface area contributed by atoms with E-state index in [1.807, 2.05) is 6.92 Å². The molecular weight excluding hydrogens is 176 g/mol. The Labute approximate surface area is 86.3 Å². The van der Waals surface area contributed by atoms with Crippen LogP contribution in [0.1, 0.15) is 45.4 Å². The molecule has 0 aliphatic heterocycles. The molecule has 0 bridgehead atoms. The molecule has 80 valence electrons. The van der Waals surface area contributed by atoms with E-state index in [1.165, 1.54) is 19.3 Å². The fourth-order valence-corrected chi connectivity index (χ4v) is 1.74. The van der Waals surface area contributed by atoms with Crippen LogP contribution in [0.2, 0.25) is 0 Å². The Morgan fingerprint density at radius 1 is 1.43 bits per heavy atom. The smallest absolute Gasteiger partial charge is 0.160 e. The maximum Gasteiger partial charge on any atom is 0.160 e. The van der Waals surface area contributed by atoms with Crippen LogP contribution < -0.4 is 0 Å². The molecule has 0 saturated carbocycles. The van der Waals surface area contributed by atoms with Crippen molar-refractivity contribution in [3.8, 4) is 0 Å². The minimum atomic E-state index is 0.292. The van der Waals surface area contributed by atoms with Crippen LogP contribution in [0.5, 0.6) is 0 Å². The molecule has 0 unspecified atom stereocenters. The molecule has 2 nitrogen and oxygen atoms in total. The first-order chi connectivity index (χ1) is 6.84. The van der Waals surface area contributed by atoms with E-state index in [4.69, 9.17) is 4.74 Å². The van der Waals surface area contributed by atoms with E-state index in [1.54, 1.807) is 0 Å². The average Bonchev–Trinajstić information content (AvgIpc) is 2.46. The molecule has 0 radical (unpaired) electrons. The van der Waals surface area contributed by atoms with E-state index < -0.39 is 0 Å². The van der Waals surface area contributed by atoms with Gasteiger partial charge in [-0.15, -0.1) is 0 Å². The SMILES string of the molecule is CCOCCC(=O)C1=CCCCCC1. The Bertz CT molecular complexity index is 206. The summed E-state index contributed by atoms with van der Waals surface area (Å²) >= 11 is 0. The summed E-state index contributed by atoms with van der Waals surface area (Å²) in [6.07, 6.45) is 8.41. The fourth-order valence-electron chi connectivity index (χ4n) is 1.74. The lowest BCUT2D eigenvalue weighted by molar-refractivity contribution is -0.116. The Morgan fingerprint density at radius 3 is 3.07 bits per heavy atom. The first kappa shape index (κ1) is 11.4. The lowest BCUT2D eigenvalue weighted by Crippen LogP contribution is -2.07. The Morgan fingerprint density at radius 2 is 2.29 bits per heavy atom. The first-order valence-corrected chi connectivity index (χ1v) is 5.64.